The van der Waals surface area contributed by atoms with Gasteiger partial charge < -0.3 is 10.2 Å². The number of alkyl halides is 1. The Morgan fingerprint density at radius 3 is 2.50 bits per heavy atom. The molecule has 144 valence electrons. The first-order valence-electron chi connectivity index (χ1n) is 9.74. The summed E-state index contributed by atoms with van der Waals surface area (Å²) in [6, 6.07) is 0. The molecule has 0 aromatic rings. The summed E-state index contributed by atoms with van der Waals surface area (Å²) in [4.78, 5) is 4.67. The normalized spacial score (nSPS) is 35.1. The van der Waals surface area contributed by atoms with Gasteiger partial charge >= 0.3 is 0 Å². The second kappa shape index (κ2) is 6.26. The van der Waals surface area contributed by atoms with Gasteiger partial charge in [-0.05, 0) is 18.4 Å². The Hall–Kier alpha value is -1.55. The number of allylic oxidation sites excluding steroid dienone is 1. The van der Waals surface area contributed by atoms with Gasteiger partial charge in [-0.25, -0.2) is 4.39 Å². The quantitative estimate of drug-likeness (QED) is 0.655. The van der Waals surface area contributed by atoms with E-state index in [9.17, 15) is 0 Å². The van der Waals surface area contributed by atoms with E-state index in [-0.39, 0.29) is 0 Å². The lowest BCUT2D eigenvalue weighted by Crippen LogP contribution is -2.65. The Kier molecular flexibility index (Phi) is 4.63. The van der Waals surface area contributed by atoms with Crippen molar-refractivity contribution in [1.82, 2.24) is 15.1 Å². The van der Waals surface area contributed by atoms with E-state index in [0.29, 0.717) is 35.3 Å². The van der Waals surface area contributed by atoms with E-state index >= 15 is 4.39 Å². The fraction of sp³-hybridized carbons (Fsp3) is 0.636. The zero-order valence-corrected chi connectivity index (χ0v) is 16.7. The lowest BCUT2D eigenvalue weighted by molar-refractivity contribution is -0.0590. The fourth-order valence-corrected chi connectivity index (χ4v) is 5.23. The molecule has 3 atom stereocenters. The fourth-order valence-electron chi connectivity index (χ4n) is 5.23. The minimum atomic E-state index is -1.43. The Balaban J connectivity index is 1.58. The third kappa shape index (κ3) is 2.83. The monoisotopic (exact) mass is 359 g/mol. The SMILES string of the molecule is C=CC(=C)NC(=C)C1(F)CCN(CC(=C)N2CC(C)(C)C23CC3CC)C1. The number of halogens is 1. The summed E-state index contributed by atoms with van der Waals surface area (Å²) in [5.74, 6) is 0.774. The van der Waals surface area contributed by atoms with E-state index in [1.807, 2.05) is 0 Å². The zero-order valence-electron chi connectivity index (χ0n) is 16.7. The van der Waals surface area contributed by atoms with Gasteiger partial charge in [0.15, 0.2) is 5.67 Å². The Morgan fingerprint density at radius 1 is 1.27 bits per heavy atom. The van der Waals surface area contributed by atoms with Crippen molar-refractivity contribution in [2.45, 2.75) is 51.2 Å². The smallest absolute Gasteiger partial charge is 0.163 e. The largest absolute Gasteiger partial charge is 0.367 e. The molecule has 2 heterocycles. The van der Waals surface area contributed by atoms with Crippen LogP contribution in [0.2, 0.25) is 0 Å². The number of likely N-dealkylation sites (tertiary alicyclic amines) is 2. The van der Waals surface area contributed by atoms with Crippen molar-refractivity contribution < 1.29 is 4.39 Å². The lowest BCUT2D eigenvalue weighted by Gasteiger charge is -2.59. The van der Waals surface area contributed by atoms with Crippen molar-refractivity contribution in [3.8, 4) is 0 Å². The van der Waals surface area contributed by atoms with Gasteiger partial charge in [-0.1, -0.05) is 53.5 Å². The highest BCUT2D eigenvalue weighted by Gasteiger charge is 2.72. The van der Waals surface area contributed by atoms with Gasteiger partial charge in [0.2, 0.25) is 0 Å². The Morgan fingerprint density at radius 2 is 1.96 bits per heavy atom. The van der Waals surface area contributed by atoms with Crippen LogP contribution in [0.15, 0.2) is 49.5 Å². The highest BCUT2D eigenvalue weighted by molar-refractivity contribution is 5.31. The van der Waals surface area contributed by atoms with Crippen LogP contribution in [0, 0.1) is 11.3 Å². The maximum atomic E-state index is 15.3. The molecule has 0 radical (unpaired) electrons. The van der Waals surface area contributed by atoms with Crippen molar-refractivity contribution in [3.63, 3.8) is 0 Å². The van der Waals surface area contributed by atoms with Crippen LogP contribution in [0.5, 0.6) is 0 Å². The van der Waals surface area contributed by atoms with Crippen molar-refractivity contribution in [2.75, 3.05) is 26.2 Å². The number of hydrogen-bond acceptors (Lipinski definition) is 3. The third-order valence-corrected chi connectivity index (χ3v) is 6.96. The Bertz CT molecular complexity index is 652. The zero-order chi connectivity index (χ0) is 19.3. The molecule has 0 amide bonds. The van der Waals surface area contributed by atoms with Crippen LogP contribution in [-0.4, -0.2) is 47.2 Å². The van der Waals surface area contributed by atoms with Gasteiger partial charge in [0.25, 0.3) is 0 Å². The molecule has 1 saturated carbocycles. The molecule has 1 aliphatic carbocycles. The molecule has 0 bridgehead atoms. The van der Waals surface area contributed by atoms with Gasteiger partial charge in [0.1, 0.15) is 0 Å². The topological polar surface area (TPSA) is 18.5 Å². The van der Waals surface area contributed by atoms with E-state index < -0.39 is 5.67 Å². The average molecular weight is 360 g/mol. The maximum Gasteiger partial charge on any atom is 0.163 e. The molecule has 3 fully saturated rings. The van der Waals surface area contributed by atoms with Gasteiger partial charge in [-0.3, -0.25) is 4.90 Å². The predicted octanol–water partition coefficient (Wildman–Crippen LogP) is 4.23. The molecule has 26 heavy (non-hydrogen) atoms. The van der Waals surface area contributed by atoms with E-state index in [1.165, 1.54) is 12.8 Å². The summed E-state index contributed by atoms with van der Waals surface area (Å²) in [7, 11) is 0. The van der Waals surface area contributed by atoms with Crippen molar-refractivity contribution in [2.24, 2.45) is 11.3 Å². The number of rotatable bonds is 8. The minimum Gasteiger partial charge on any atom is -0.367 e. The van der Waals surface area contributed by atoms with Crippen molar-refractivity contribution >= 4 is 0 Å². The molecule has 0 aromatic carbocycles. The first-order valence-corrected chi connectivity index (χ1v) is 9.74. The van der Waals surface area contributed by atoms with E-state index in [1.54, 1.807) is 6.08 Å². The average Bonchev–Trinajstić information content (AvgIpc) is 3.26. The van der Waals surface area contributed by atoms with E-state index in [0.717, 1.165) is 31.2 Å². The molecule has 3 rings (SSSR count). The van der Waals surface area contributed by atoms with Gasteiger partial charge in [-0.15, -0.1) is 0 Å². The molecule has 2 saturated heterocycles. The first-order chi connectivity index (χ1) is 12.1. The molecule has 0 aromatic heterocycles. The second-order valence-electron chi connectivity index (χ2n) is 9.03. The molecule has 3 nitrogen and oxygen atoms in total. The first kappa shape index (κ1) is 19.2. The van der Waals surface area contributed by atoms with Crippen LogP contribution in [0.3, 0.4) is 0 Å². The van der Waals surface area contributed by atoms with Gasteiger partial charge in [0.05, 0.1) is 0 Å². The molecular weight excluding hydrogens is 325 g/mol. The molecule has 4 heteroatoms. The van der Waals surface area contributed by atoms with Gasteiger partial charge in [-0.2, -0.15) is 0 Å². The second-order valence-corrected chi connectivity index (χ2v) is 9.03. The molecule has 1 spiro atoms. The number of nitrogens with zero attached hydrogens (tertiary/aromatic N) is 2. The highest BCUT2D eigenvalue weighted by atomic mass is 19.1. The minimum absolute atomic E-state index is 0.304. The highest BCUT2D eigenvalue weighted by Crippen LogP contribution is 2.68. The summed E-state index contributed by atoms with van der Waals surface area (Å²) in [6.07, 6.45) is 4.52. The standard InChI is InChI=1S/C22H34FN3/c1-8-16(3)24-18(5)21(23)10-11-25(15-21)13-17(4)26-14-20(6,7)22(26)12-19(22)9-2/h8,19,24H,1,3-5,9-15H2,2,6-7H3. The van der Waals surface area contributed by atoms with Crippen LogP contribution in [0.4, 0.5) is 4.39 Å². The molecule has 1 N–H and O–H groups in total. The molecule has 3 unspecified atom stereocenters. The number of hydrogen-bond donors (Lipinski definition) is 1. The predicted molar refractivity (Wildman–Crippen MR) is 107 cm³/mol. The maximum absolute atomic E-state index is 15.3. The molecular formula is C22H34FN3. The van der Waals surface area contributed by atoms with E-state index in [4.69, 9.17) is 0 Å². The van der Waals surface area contributed by atoms with Crippen molar-refractivity contribution in [1.29, 1.82) is 0 Å². The summed E-state index contributed by atoms with van der Waals surface area (Å²) >= 11 is 0. The summed E-state index contributed by atoms with van der Waals surface area (Å²) in [6.45, 7) is 25.6. The van der Waals surface area contributed by atoms with Crippen LogP contribution < -0.4 is 5.32 Å². The van der Waals surface area contributed by atoms with Crippen LogP contribution in [0.1, 0.15) is 40.0 Å². The Labute approximate surface area is 158 Å². The van der Waals surface area contributed by atoms with Crippen molar-refractivity contribution in [3.05, 3.63) is 49.5 Å². The molecule has 2 aliphatic heterocycles. The van der Waals surface area contributed by atoms with Crippen LogP contribution >= 0.6 is 0 Å². The lowest BCUT2D eigenvalue weighted by atomic mass is 9.70. The summed E-state index contributed by atoms with van der Waals surface area (Å²) in [5.41, 5.74) is 1.33. The van der Waals surface area contributed by atoms with E-state index in [2.05, 4.69) is 62.2 Å². The third-order valence-electron chi connectivity index (χ3n) is 6.96. The van der Waals surface area contributed by atoms with Crippen LogP contribution in [0.25, 0.3) is 0 Å². The molecule has 3 aliphatic rings. The van der Waals surface area contributed by atoms with Gasteiger partial charge in [0, 0.05) is 60.6 Å². The number of nitrogens with one attached hydrogen (secondary N) is 1. The van der Waals surface area contributed by atoms with Crippen LogP contribution in [-0.2, 0) is 0 Å². The summed E-state index contributed by atoms with van der Waals surface area (Å²) in [5, 5.41) is 2.94. The summed E-state index contributed by atoms with van der Waals surface area (Å²) < 4.78 is 15.3.